The van der Waals surface area contributed by atoms with Crippen LogP contribution in [-0.2, 0) is 6.42 Å². The van der Waals surface area contributed by atoms with E-state index in [0.717, 1.165) is 31.7 Å². The molecule has 1 unspecified atom stereocenters. The topological polar surface area (TPSA) is 64.9 Å². The Balaban J connectivity index is 2.26. The molecule has 0 spiro atoms. The number of rotatable bonds is 5. The molecule has 0 radical (unpaired) electrons. The molecule has 0 saturated heterocycles. The summed E-state index contributed by atoms with van der Waals surface area (Å²) in [7, 11) is 0. The van der Waals surface area contributed by atoms with Gasteiger partial charge in [-0.2, -0.15) is 4.98 Å². The second-order valence-corrected chi connectivity index (χ2v) is 3.46. The maximum atomic E-state index is 5.45. The van der Waals surface area contributed by atoms with Crippen molar-refractivity contribution in [2.75, 3.05) is 6.54 Å². The Kier molecular flexibility index (Phi) is 3.89. The summed E-state index contributed by atoms with van der Waals surface area (Å²) in [6.07, 6.45) is 2.99. The highest BCUT2D eigenvalue weighted by Crippen LogP contribution is 2.10. The number of hydrogen-bond acceptors (Lipinski definition) is 4. The molecule has 1 aromatic heterocycles. The molecule has 1 aromatic rings. The van der Waals surface area contributed by atoms with Crippen molar-refractivity contribution < 1.29 is 4.52 Å². The van der Waals surface area contributed by atoms with Crippen LogP contribution in [0.25, 0.3) is 0 Å². The van der Waals surface area contributed by atoms with Gasteiger partial charge in [-0.3, -0.25) is 0 Å². The van der Waals surface area contributed by atoms with Crippen molar-refractivity contribution in [2.45, 2.75) is 33.1 Å². The number of aromatic nitrogens is 2. The Labute approximate surface area is 78.5 Å². The molecule has 2 N–H and O–H groups in total. The molecule has 0 saturated carbocycles. The third kappa shape index (κ3) is 3.55. The van der Waals surface area contributed by atoms with Gasteiger partial charge in [0.1, 0.15) is 0 Å². The number of aryl methyl sites for hydroxylation is 2. The van der Waals surface area contributed by atoms with E-state index in [9.17, 15) is 0 Å². The molecule has 74 valence electrons. The fourth-order valence-corrected chi connectivity index (χ4v) is 1.24. The van der Waals surface area contributed by atoms with Crippen LogP contribution in [0.4, 0.5) is 0 Å². The van der Waals surface area contributed by atoms with E-state index >= 15 is 0 Å². The van der Waals surface area contributed by atoms with Crippen molar-refractivity contribution in [3.8, 4) is 0 Å². The average Bonchev–Trinajstić information content (AvgIpc) is 2.49. The highest BCUT2D eigenvalue weighted by molar-refractivity contribution is 4.82. The van der Waals surface area contributed by atoms with Gasteiger partial charge in [-0.15, -0.1) is 0 Å². The van der Waals surface area contributed by atoms with Crippen LogP contribution >= 0.6 is 0 Å². The fourth-order valence-electron chi connectivity index (χ4n) is 1.24. The van der Waals surface area contributed by atoms with Gasteiger partial charge in [0.15, 0.2) is 5.82 Å². The van der Waals surface area contributed by atoms with E-state index in [1.54, 1.807) is 0 Å². The lowest BCUT2D eigenvalue weighted by molar-refractivity contribution is 0.359. The molecule has 0 amide bonds. The van der Waals surface area contributed by atoms with Gasteiger partial charge >= 0.3 is 0 Å². The van der Waals surface area contributed by atoms with E-state index < -0.39 is 0 Å². The van der Waals surface area contributed by atoms with Gasteiger partial charge < -0.3 is 10.3 Å². The van der Waals surface area contributed by atoms with Crippen molar-refractivity contribution in [2.24, 2.45) is 11.7 Å². The first-order chi connectivity index (χ1) is 6.22. The minimum Gasteiger partial charge on any atom is -0.339 e. The zero-order valence-corrected chi connectivity index (χ0v) is 8.29. The van der Waals surface area contributed by atoms with Crippen LogP contribution in [0.3, 0.4) is 0 Å². The van der Waals surface area contributed by atoms with Crippen LogP contribution in [0.2, 0.25) is 0 Å². The lowest BCUT2D eigenvalue weighted by Gasteiger charge is -2.06. The van der Waals surface area contributed by atoms with Gasteiger partial charge in [0, 0.05) is 6.42 Å². The minimum absolute atomic E-state index is 0.636. The van der Waals surface area contributed by atoms with Crippen molar-refractivity contribution in [1.82, 2.24) is 10.1 Å². The van der Waals surface area contributed by atoms with Gasteiger partial charge in [0.2, 0.25) is 5.89 Å². The molecule has 0 fully saturated rings. The SMILES string of the molecule is Cc1noc(CCC(C)CCN)n1. The van der Waals surface area contributed by atoms with Gasteiger partial charge in [-0.05, 0) is 32.2 Å². The summed E-state index contributed by atoms with van der Waals surface area (Å²) >= 11 is 0. The maximum absolute atomic E-state index is 5.45. The molecule has 4 heteroatoms. The van der Waals surface area contributed by atoms with E-state index in [0.29, 0.717) is 11.7 Å². The Morgan fingerprint density at radius 1 is 1.46 bits per heavy atom. The highest BCUT2D eigenvalue weighted by atomic mass is 16.5. The Bertz CT molecular complexity index is 247. The molecule has 1 heterocycles. The molecule has 1 rings (SSSR count). The van der Waals surface area contributed by atoms with E-state index in [1.165, 1.54) is 0 Å². The zero-order chi connectivity index (χ0) is 9.68. The Hall–Kier alpha value is -0.900. The van der Waals surface area contributed by atoms with Crippen molar-refractivity contribution >= 4 is 0 Å². The van der Waals surface area contributed by atoms with Crippen LogP contribution in [0, 0.1) is 12.8 Å². The van der Waals surface area contributed by atoms with Crippen LogP contribution in [0.15, 0.2) is 4.52 Å². The molecule has 13 heavy (non-hydrogen) atoms. The summed E-state index contributed by atoms with van der Waals surface area (Å²) in [5.74, 6) is 2.08. The molecule has 0 aromatic carbocycles. The first kappa shape index (κ1) is 10.2. The standard InChI is InChI=1S/C9H17N3O/c1-7(5-6-10)3-4-9-11-8(2)12-13-9/h7H,3-6,10H2,1-2H3. The van der Waals surface area contributed by atoms with Gasteiger partial charge in [-0.1, -0.05) is 12.1 Å². The summed E-state index contributed by atoms with van der Waals surface area (Å²) in [4.78, 5) is 4.13. The Morgan fingerprint density at radius 2 is 2.23 bits per heavy atom. The quantitative estimate of drug-likeness (QED) is 0.747. The van der Waals surface area contributed by atoms with Crippen molar-refractivity contribution in [3.63, 3.8) is 0 Å². The van der Waals surface area contributed by atoms with Gasteiger partial charge in [0.25, 0.3) is 0 Å². The smallest absolute Gasteiger partial charge is 0.226 e. The minimum atomic E-state index is 0.636. The van der Waals surface area contributed by atoms with E-state index in [1.807, 2.05) is 6.92 Å². The lowest BCUT2D eigenvalue weighted by atomic mass is 10.0. The molecule has 0 bridgehead atoms. The molecular weight excluding hydrogens is 166 g/mol. The van der Waals surface area contributed by atoms with Crippen molar-refractivity contribution in [3.05, 3.63) is 11.7 Å². The predicted octanol–water partition coefficient (Wildman–Crippen LogP) is 1.30. The summed E-state index contributed by atoms with van der Waals surface area (Å²) in [6.45, 7) is 4.77. The van der Waals surface area contributed by atoms with Crippen LogP contribution < -0.4 is 5.73 Å². The summed E-state index contributed by atoms with van der Waals surface area (Å²) in [5.41, 5.74) is 5.45. The van der Waals surface area contributed by atoms with E-state index in [-0.39, 0.29) is 0 Å². The molecule has 0 aliphatic heterocycles. The monoisotopic (exact) mass is 183 g/mol. The normalized spacial score (nSPS) is 13.2. The fraction of sp³-hybridized carbons (Fsp3) is 0.778. The number of hydrogen-bond donors (Lipinski definition) is 1. The maximum Gasteiger partial charge on any atom is 0.226 e. The zero-order valence-electron chi connectivity index (χ0n) is 8.29. The first-order valence-electron chi connectivity index (χ1n) is 4.71. The second-order valence-electron chi connectivity index (χ2n) is 3.46. The first-order valence-corrected chi connectivity index (χ1v) is 4.71. The summed E-state index contributed by atoms with van der Waals surface area (Å²) < 4.78 is 5.00. The molecule has 0 aliphatic carbocycles. The van der Waals surface area contributed by atoms with Crippen LogP contribution in [0.5, 0.6) is 0 Å². The van der Waals surface area contributed by atoms with Gasteiger partial charge in [0.05, 0.1) is 0 Å². The molecule has 1 atom stereocenters. The molecule has 4 nitrogen and oxygen atoms in total. The third-order valence-electron chi connectivity index (χ3n) is 2.08. The highest BCUT2D eigenvalue weighted by Gasteiger charge is 2.06. The number of nitrogens with two attached hydrogens (primary N) is 1. The predicted molar refractivity (Wildman–Crippen MR) is 50.2 cm³/mol. The largest absolute Gasteiger partial charge is 0.339 e. The number of nitrogens with zero attached hydrogens (tertiary/aromatic N) is 2. The second kappa shape index (κ2) is 4.97. The van der Waals surface area contributed by atoms with E-state index in [2.05, 4.69) is 17.1 Å². The van der Waals surface area contributed by atoms with Crippen molar-refractivity contribution in [1.29, 1.82) is 0 Å². The summed E-state index contributed by atoms with van der Waals surface area (Å²) in [6, 6.07) is 0. The summed E-state index contributed by atoms with van der Waals surface area (Å²) in [5, 5.41) is 3.73. The molecule has 0 aliphatic rings. The molecular formula is C9H17N3O. The Morgan fingerprint density at radius 3 is 2.77 bits per heavy atom. The lowest BCUT2D eigenvalue weighted by Crippen LogP contribution is -2.06. The van der Waals surface area contributed by atoms with Crippen LogP contribution in [0.1, 0.15) is 31.5 Å². The van der Waals surface area contributed by atoms with Gasteiger partial charge in [-0.25, -0.2) is 0 Å². The third-order valence-corrected chi connectivity index (χ3v) is 2.08. The van der Waals surface area contributed by atoms with Crippen LogP contribution in [-0.4, -0.2) is 16.7 Å². The average molecular weight is 183 g/mol. The van der Waals surface area contributed by atoms with E-state index in [4.69, 9.17) is 10.3 Å².